The Bertz CT molecular complexity index is 2980. The molecule has 3 nitrogen and oxygen atoms in total. The number of nitrogens with zero attached hydrogens (tertiary/aromatic N) is 1. The number of benzene rings is 8. The van der Waals surface area contributed by atoms with E-state index < -0.39 is 5.41 Å². The first-order chi connectivity index (χ1) is 26.2. The lowest BCUT2D eigenvalue weighted by molar-refractivity contribution is 0.638. The van der Waals surface area contributed by atoms with Crippen molar-refractivity contribution in [1.29, 1.82) is 0 Å². The molecule has 11 rings (SSSR count). The predicted octanol–water partition coefficient (Wildman–Crippen LogP) is 14.0. The Labute approximate surface area is 307 Å². The third kappa shape index (κ3) is 4.34. The Balaban J connectivity index is 1.24. The number of furan rings is 2. The fourth-order valence-corrected chi connectivity index (χ4v) is 8.86. The summed E-state index contributed by atoms with van der Waals surface area (Å²) in [5, 5.41) is 4.35. The van der Waals surface area contributed by atoms with Crippen molar-refractivity contribution in [3.05, 3.63) is 199 Å². The van der Waals surface area contributed by atoms with E-state index in [9.17, 15) is 0 Å². The predicted molar refractivity (Wildman–Crippen MR) is 219 cm³/mol. The first-order valence-corrected chi connectivity index (χ1v) is 18.2. The number of anilines is 3. The summed E-state index contributed by atoms with van der Waals surface area (Å²) in [6, 6.07) is 65.0. The zero-order valence-corrected chi connectivity index (χ0v) is 29.1. The lowest BCUT2D eigenvalue weighted by Gasteiger charge is -2.31. The van der Waals surface area contributed by atoms with E-state index in [0.717, 1.165) is 66.5 Å². The third-order valence-electron chi connectivity index (χ3n) is 11.3. The number of fused-ring (bicyclic) bond motifs is 9. The van der Waals surface area contributed by atoms with E-state index in [1.165, 1.54) is 33.4 Å². The molecule has 0 unspecified atom stereocenters. The van der Waals surface area contributed by atoms with E-state index >= 15 is 0 Å². The van der Waals surface area contributed by atoms with Gasteiger partial charge in [-0.05, 0) is 88.8 Å². The van der Waals surface area contributed by atoms with Gasteiger partial charge in [-0.2, -0.15) is 0 Å². The largest absolute Gasteiger partial charge is 0.456 e. The van der Waals surface area contributed by atoms with Crippen molar-refractivity contribution in [2.75, 3.05) is 4.90 Å². The van der Waals surface area contributed by atoms with Crippen LogP contribution >= 0.6 is 0 Å². The molecule has 0 saturated carbocycles. The second-order valence-corrected chi connectivity index (χ2v) is 14.2. The second kappa shape index (κ2) is 11.3. The average molecular weight is 680 g/mol. The fraction of sp³-hybridized carbons (Fsp3) is 0.0400. The summed E-state index contributed by atoms with van der Waals surface area (Å²) >= 11 is 0. The summed E-state index contributed by atoms with van der Waals surface area (Å²) in [6.07, 6.45) is 0. The molecule has 1 aliphatic carbocycles. The van der Waals surface area contributed by atoms with Crippen LogP contribution in [0.15, 0.2) is 191 Å². The van der Waals surface area contributed by atoms with Crippen molar-refractivity contribution in [3.63, 3.8) is 0 Å². The number of para-hydroxylation sites is 2. The Kier molecular flexibility index (Phi) is 6.38. The smallest absolute Gasteiger partial charge is 0.140 e. The van der Waals surface area contributed by atoms with Gasteiger partial charge in [-0.15, -0.1) is 0 Å². The second-order valence-electron chi connectivity index (χ2n) is 14.2. The Morgan fingerprint density at radius 3 is 1.74 bits per heavy atom. The lowest BCUT2D eigenvalue weighted by atomic mass is 9.73. The first kappa shape index (κ1) is 29.8. The molecule has 0 amide bonds. The van der Waals surface area contributed by atoms with Gasteiger partial charge in [-0.3, -0.25) is 0 Å². The van der Waals surface area contributed by atoms with Gasteiger partial charge in [0, 0.05) is 38.5 Å². The number of hydrogen-bond acceptors (Lipinski definition) is 3. The van der Waals surface area contributed by atoms with E-state index in [4.69, 9.17) is 8.83 Å². The molecule has 0 spiro atoms. The third-order valence-corrected chi connectivity index (χ3v) is 11.3. The summed E-state index contributed by atoms with van der Waals surface area (Å²) in [5.74, 6) is 0. The summed E-state index contributed by atoms with van der Waals surface area (Å²) < 4.78 is 13.3. The van der Waals surface area contributed by atoms with Gasteiger partial charge in [0.25, 0.3) is 0 Å². The maximum absolute atomic E-state index is 6.88. The Morgan fingerprint density at radius 1 is 0.415 bits per heavy atom. The molecule has 53 heavy (non-hydrogen) atoms. The van der Waals surface area contributed by atoms with Gasteiger partial charge in [-0.25, -0.2) is 0 Å². The maximum atomic E-state index is 6.88. The van der Waals surface area contributed by atoms with E-state index in [0.29, 0.717) is 0 Å². The minimum atomic E-state index is -0.480. The zero-order chi connectivity index (χ0) is 35.1. The Morgan fingerprint density at radius 2 is 1.00 bits per heavy atom. The molecule has 0 radical (unpaired) electrons. The molecule has 0 N–H and O–H groups in total. The van der Waals surface area contributed by atoms with Crippen molar-refractivity contribution in [2.45, 2.75) is 12.3 Å². The van der Waals surface area contributed by atoms with Crippen LogP contribution in [-0.4, -0.2) is 0 Å². The molecule has 3 heteroatoms. The highest BCUT2D eigenvalue weighted by Gasteiger charge is 2.43. The van der Waals surface area contributed by atoms with E-state index in [1.807, 2.05) is 6.07 Å². The molecule has 0 atom stereocenters. The highest BCUT2D eigenvalue weighted by Crippen LogP contribution is 2.55. The molecular formula is C50H33NO2. The van der Waals surface area contributed by atoms with Crippen molar-refractivity contribution in [1.82, 2.24) is 0 Å². The lowest BCUT2D eigenvalue weighted by Crippen LogP contribution is -2.23. The fourth-order valence-electron chi connectivity index (χ4n) is 8.86. The Hall–Kier alpha value is -6.84. The molecular weight excluding hydrogens is 647 g/mol. The summed E-state index contributed by atoms with van der Waals surface area (Å²) in [4.78, 5) is 2.40. The highest BCUT2D eigenvalue weighted by molar-refractivity contribution is 6.14. The van der Waals surface area contributed by atoms with Crippen molar-refractivity contribution >= 4 is 60.9 Å². The monoisotopic (exact) mass is 679 g/mol. The van der Waals surface area contributed by atoms with Crippen LogP contribution in [0.2, 0.25) is 0 Å². The van der Waals surface area contributed by atoms with Crippen molar-refractivity contribution < 1.29 is 8.83 Å². The number of rotatable bonds is 5. The van der Waals surface area contributed by atoms with Crippen LogP contribution in [0.5, 0.6) is 0 Å². The van der Waals surface area contributed by atoms with Crippen LogP contribution in [0.3, 0.4) is 0 Å². The minimum absolute atomic E-state index is 0.480. The molecule has 0 bridgehead atoms. The van der Waals surface area contributed by atoms with Crippen LogP contribution in [0.1, 0.15) is 23.6 Å². The molecule has 250 valence electrons. The van der Waals surface area contributed by atoms with Crippen LogP contribution < -0.4 is 4.90 Å². The molecule has 10 aromatic rings. The van der Waals surface area contributed by atoms with Gasteiger partial charge in [0.1, 0.15) is 22.3 Å². The van der Waals surface area contributed by atoms with Crippen molar-refractivity contribution in [2.24, 2.45) is 0 Å². The SMILES string of the molecule is CC1(c2cc(N(c3ccc(-c4ccccc4)cc3)c3cccc4oc5ccccc5c34)cc3c2oc2ccccc23)c2ccccc2-c2ccccc21. The molecule has 0 fully saturated rings. The molecule has 8 aromatic carbocycles. The molecule has 2 aromatic heterocycles. The molecule has 0 aliphatic heterocycles. The topological polar surface area (TPSA) is 29.5 Å². The zero-order valence-electron chi connectivity index (χ0n) is 29.1. The van der Waals surface area contributed by atoms with Crippen LogP contribution in [0.25, 0.3) is 66.1 Å². The van der Waals surface area contributed by atoms with Gasteiger partial charge in [0.15, 0.2) is 0 Å². The normalized spacial score (nSPS) is 13.2. The molecule has 2 heterocycles. The number of hydrogen-bond donors (Lipinski definition) is 0. The maximum Gasteiger partial charge on any atom is 0.140 e. The van der Waals surface area contributed by atoms with Gasteiger partial charge in [-0.1, -0.05) is 133 Å². The highest BCUT2D eigenvalue weighted by atomic mass is 16.3. The van der Waals surface area contributed by atoms with Crippen LogP contribution in [0, 0.1) is 0 Å². The van der Waals surface area contributed by atoms with Gasteiger partial charge < -0.3 is 13.7 Å². The minimum Gasteiger partial charge on any atom is -0.456 e. The summed E-state index contributed by atoms with van der Waals surface area (Å²) in [6.45, 7) is 2.37. The first-order valence-electron chi connectivity index (χ1n) is 18.2. The van der Waals surface area contributed by atoms with E-state index in [2.05, 4.69) is 188 Å². The van der Waals surface area contributed by atoms with Crippen LogP contribution in [0.4, 0.5) is 17.1 Å². The van der Waals surface area contributed by atoms with Crippen LogP contribution in [-0.2, 0) is 5.41 Å². The molecule has 1 aliphatic rings. The average Bonchev–Trinajstić information content (AvgIpc) is 3.87. The van der Waals surface area contributed by atoms with E-state index in [1.54, 1.807) is 0 Å². The quantitative estimate of drug-likeness (QED) is 0.181. The summed E-state index contributed by atoms with van der Waals surface area (Å²) in [7, 11) is 0. The molecule has 0 saturated heterocycles. The van der Waals surface area contributed by atoms with Gasteiger partial charge in [0.05, 0.1) is 11.1 Å². The van der Waals surface area contributed by atoms with Gasteiger partial charge >= 0.3 is 0 Å². The standard InChI is InChI=1S/C50H33NO2/c1-50(41-20-9-5-16-36(41)37-17-6-10-21-42(37)50)43-31-35(30-40-38-18-7-11-23-45(38)53-49(40)43)51(34-28-26-33(27-29-34)32-14-3-2-4-15-32)44-22-13-25-47-48(44)39-19-8-12-24-46(39)52-47/h2-31H,1H3. The summed E-state index contributed by atoms with van der Waals surface area (Å²) in [5.41, 5.74) is 14.8. The van der Waals surface area contributed by atoms with Crippen molar-refractivity contribution in [3.8, 4) is 22.3 Å². The van der Waals surface area contributed by atoms with Gasteiger partial charge in [0.2, 0.25) is 0 Å². The van der Waals surface area contributed by atoms with E-state index in [-0.39, 0.29) is 0 Å².